The van der Waals surface area contributed by atoms with Crippen molar-refractivity contribution in [2.75, 3.05) is 5.32 Å². The number of amides is 1. The van der Waals surface area contributed by atoms with Gasteiger partial charge in [-0.3, -0.25) is 4.79 Å². The van der Waals surface area contributed by atoms with Gasteiger partial charge in [-0.15, -0.1) is 0 Å². The van der Waals surface area contributed by atoms with Crippen molar-refractivity contribution in [2.24, 2.45) is 5.10 Å². The Labute approximate surface area is 200 Å². The SMILES string of the molecule is O=C1Nc2ccc(Br)cc2C12Oc1ccc(Cl)cc1C1CC(c3ccc(Br)cc3)=NN12. The molecule has 154 valence electrons. The molecular weight excluding hydrogens is 546 g/mol. The monoisotopic (exact) mass is 557 g/mol. The lowest BCUT2D eigenvalue weighted by Crippen LogP contribution is -2.55. The molecule has 0 aliphatic carbocycles. The number of nitrogens with zero attached hydrogens (tertiary/aromatic N) is 2. The van der Waals surface area contributed by atoms with Gasteiger partial charge in [0.2, 0.25) is 0 Å². The molecule has 0 aromatic heterocycles. The summed E-state index contributed by atoms with van der Waals surface area (Å²) < 4.78 is 8.33. The van der Waals surface area contributed by atoms with Gasteiger partial charge in [-0.1, -0.05) is 55.6 Å². The van der Waals surface area contributed by atoms with Crippen molar-refractivity contribution in [1.29, 1.82) is 0 Å². The van der Waals surface area contributed by atoms with Crippen LogP contribution in [0.4, 0.5) is 5.69 Å². The van der Waals surface area contributed by atoms with Gasteiger partial charge in [0.25, 0.3) is 5.91 Å². The van der Waals surface area contributed by atoms with Crippen molar-refractivity contribution in [3.05, 3.63) is 91.3 Å². The van der Waals surface area contributed by atoms with E-state index in [0.29, 0.717) is 17.2 Å². The lowest BCUT2D eigenvalue weighted by molar-refractivity contribution is -0.161. The Morgan fingerprint density at radius 2 is 1.84 bits per heavy atom. The average Bonchev–Trinajstić information content (AvgIpc) is 3.31. The molecule has 0 bridgehead atoms. The third kappa shape index (κ3) is 2.80. The van der Waals surface area contributed by atoms with E-state index >= 15 is 0 Å². The van der Waals surface area contributed by atoms with E-state index in [4.69, 9.17) is 21.4 Å². The smallest absolute Gasteiger partial charge is 0.306 e. The van der Waals surface area contributed by atoms with Gasteiger partial charge in [-0.25, -0.2) is 5.01 Å². The summed E-state index contributed by atoms with van der Waals surface area (Å²) in [4.78, 5) is 13.4. The number of hydrogen-bond acceptors (Lipinski definition) is 4. The summed E-state index contributed by atoms with van der Waals surface area (Å²) in [5, 5.41) is 10.3. The molecule has 31 heavy (non-hydrogen) atoms. The Bertz CT molecular complexity index is 1290. The number of fused-ring (bicyclic) bond motifs is 6. The van der Waals surface area contributed by atoms with E-state index in [-0.39, 0.29) is 11.9 Å². The standard InChI is InChI=1S/C23H14Br2ClN3O2/c24-13-3-1-12(2-4-13)19-11-20-16-10-15(26)6-8-21(16)31-23(29(20)28-19)17-9-14(25)5-7-18(17)27-22(23)30/h1-10,20H,11H2,(H,27,30). The predicted octanol–water partition coefficient (Wildman–Crippen LogP) is 6.21. The first-order valence-electron chi connectivity index (χ1n) is 9.68. The number of ether oxygens (including phenoxy) is 1. The van der Waals surface area contributed by atoms with Gasteiger partial charge >= 0.3 is 5.72 Å². The number of nitrogens with one attached hydrogen (secondary N) is 1. The van der Waals surface area contributed by atoms with Gasteiger partial charge in [-0.2, -0.15) is 5.10 Å². The topological polar surface area (TPSA) is 53.9 Å². The summed E-state index contributed by atoms with van der Waals surface area (Å²) in [7, 11) is 0. The second-order valence-electron chi connectivity index (χ2n) is 7.69. The summed E-state index contributed by atoms with van der Waals surface area (Å²) in [6.45, 7) is 0. The van der Waals surface area contributed by atoms with E-state index in [2.05, 4.69) is 37.2 Å². The molecule has 3 aromatic rings. The molecule has 2 unspecified atom stereocenters. The van der Waals surface area contributed by atoms with Crippen molar-refractivity contribution in [2.45, 2.75) is 18.2 Å². The fourth-order valence-electron chi connectivity index (χ4n) is 4.50. The van der Waals surface area contributed by atoms with Crippen molar-refractivity contribution >= 4 is 60.8 Å². The van der Waals surface area contributed by atoms with Crippen LogP contribution < -0.4 is 10.1 Å². The maximum absolute atomic E-state index is 13.4. The number of hydrogen-bond donors (Lipinski definition) is 1. The zero-order chi connectivity index (χ0) is 21.3. The van der Waals surface area contributed by atoms with Crippen LogP contribution in [0.2, 0.25) is 5.02 Å². The van der Waals surface area contributed by atoms with Crippen LogP contribution in [0, 0.1) is 0 Å². The zero-order valence-corrected chi connectivity index (χ0v) is 19.8. The normalized spacial score (nSPS) is 23.1. The van der Waals surface area contributed by atoms with Crippen LogP contribution in [-0.4, -0.2) is 16.6 Å². The molecule has 3 aromatic carbocycles. The molecular formula is C23H14Br2ClN3O2. The number of benzene rings is 3. The molecule has 3 aliphatic rings. The number of rotatable bonds is 1. The highest BCUT2D eigenvalue weighted by molar-refractivity contribution is 9.10. The van der Waals surface area contributed by atoms with E-state index in [9.17, 15) is 4.79 Å². The summed E-state index contributed by atoms with van der Waals surface area (Å²) in [6, 6.07) is 19.0. The van der Waals surface area contributed by atoms with Crippen LogP contribution >= 0.6 is 43.5 Å². The lowest BCUT2D eigenvalue weighted by atomic mass is 9.92. The molecule has 3 heterocycles. The van der Waals surface area contributed by atoms with Crippen LogP contribution in [0.5, 0.6) is 5.75 Å². The molecule has 3 aliphatic heterocycles. The van der Waals surface area contributed by atoms with E-state index in [1.165, 1.54) is 0 Å². The Morgan fingerprint density at radius 3 is 2.65 bits per heavy atom. The number of hydrazone groups is 1. The number of anilines is 1. The van der Waals surface area contributed by atoms with Crippen molar-refractivity contribution in [3.8, 4) is 5.75 Å². The maximum Gasteiger partial charge on any atom is 0.306 e. The third-order valence-electron chi connectivity index (χ3n) is 5.90. The van der Waals surface area contributed by atoms with Gasteiger partial charge in [0.15, 0.2) is 0 Å². The first-order valence-corrected chi connectivity index (χ1v) is 11.6. The van der Waals surface area contributed by atoms with Gasteiger partial charge in [-0.05, 0) is 54.1 Å². The highest BCUT2D eigenvalue weighted by Crippen LogP contribution is 2.54. The second kappa shape index (κ2) is 6.82. The van der Waals surface area contributed by atoms with Crippen LogP contribution in [0.15, 0.2) is 74.7 Å². The Kier molecular flexibility index (Phi) is 4.26. The third-order valence-corrected chi connectivity index (χ3v) is 7.16. The van der Waals surface area contributed by atoms with Gasteiger partial charge in [0, 0.05) is 26.0 Å². The summed E-state index contributed by atoms with van der Waals surface area (Å²) in [6.07, 6.45) is 0.636. The molecule has 6 rings (SSSR count). The molecule has 0 saturated carbocycles. The van der Waals surface area contributed by atoms with Gasteiger partial charge in [0.05, 0.1) is 23.0 Å². The van der Waals surface area contributed by atoms with Crippen LogP contribution in [-0.2, 0) is 10.5 Å². The number of carbonyl (C=O) groups is 1. The second-order valence-corrected chi connectivity index (χ2v) is 9.96. The summed E-state index contributed by atoms with van der Waals surface area (Å²) in [5.41, 5.74) is 2.88. The maximum atomic E-state index is 13.4. The largest absolute Gasteiger partial charge is 0.453 e. The van der Waals surface area contributed by atoms with Crippen molar-refractivity contribution in [1.82, 2.24) is 5.01 Å². The minimum atomic E-state index is -1.39. The van der Waals surface area contributed by atoms with Crippen LogP contribution in [0.25, 0.3) is 0 Å². The first kappa shape index (κ1) is 19.3. The van der Waals surface area contributed by atoms with E-state index in [1.807, 2.05) is 54.6 Å². The quantitative estimate of drug-likeness (QED) is 0.386. The summed E-state index contributed by atoms with van der Waals surface area (Å²) >= 11 is 13.3. The summed E-state index contributed by atoms with van der Waals surface area (Å²) in [5.74, 6) is 0.382. The predicted molar refractivity (Wildman–Crippen MR) is 126 cm³/mol. The first-order chi connectivity index (χ1) is 15.0. The minimum absolute atomic E-state index is 0.184. The van der Waals surface area contributed by atoms with Gasteiger partial charge < -0.3 is 10.1 Å². The average molecular weight is 560 g/mol. The Balaban J connectivity index is 1.58. The molecule has 1 amide bonds. The molecule has 8 heteroatoms. The fourth-order valence-corrected chi connectivity index (χ4v) is 5.31. The lowest BCUT2D eigenvalue weighted by Gasteiger charge is -2.44. The highest BCUT2D eigenvalue weighted by Gasteiger charge is 2.61. The molecule has 1 spiro atoms. The highest BCUT2D eigenvalue weighted by atomic mass is 79.9. The molecule has 2 atom stereocenters. The Hall–Kier alpha value is -2.35. The molecule has 5 nitrogen and oxygen atoms in total. The van der Waals surface area contributed by atoms with E-state index < -0.39 is 5.72 Å². The van der Waals surface area contributed by atoms with E-state index in [1.54, 1.807) is 11.1 Å². The molecule has 1 N–H and O–H groups in total. The molecule has 0 saturated heterocycles. The van der Waals surface area contributed by atoms with Crippen molar-refractivity contribution in [3.63, 3.8) is 0 Å². The fraction of sp³-hybridized carbons (Fsp3) is 0.130. The van der Waals surface area contributed by atoms with Gasteiger partial charge in [0.1, 0.15) is 5.75 Å². The zero-order valence-electron chi connectivity index (χ0n) is 15.9. The van der Waals surface area contributed by atoms with Crippen LogP contribution in [0.3, 0.4) is 0 Å². The van der Waals surface area contributed by atoms with E-state index in [0.717, 1.165) is 37.0 Å². The van der Waals surface area contributed by atoms with Crippen LogP contribution in [0.1, 0.15) is 29.2 Å². The number of halogens is 3. The van der Waals surface area contributed by atoms with Crippen molar-refractivity contribution < 1.29 is 9.53 Å². The molecule has 0 fully saturated rings. The Morgan fingerprint density at radius 1 is 1.06 bits per heavy atom. The minimum Gasteiger partial charge on any atom is -0.453 e. The number of carbonyl (C=O) groups excluding carboxylic acids is 1. The molecule has 0 radical (unpaired) electrons.